The van der Waals surface area contributed by atoms with Gasteiger partial charge in [-0.2, -0.15) is 0 Å². The second-order valence-electron chi connectivity index (χ2n) is 12.8. The van der Waals surface area contributed by atoms with E-state index in [1.165, 1.54) is 57.8 Å². The molecule has 8 atom stereocenters. The Morgan fingerprint density at radius 1 is 1.03 bits per heavy atom. The van der Waals surface area contributed by atoms with Gasteiger partial charge in [0, 0.05) is 6.92 Å². The quantitative estimate of drug-likeness (QED) is 0.317. The summed E-state index contributed by atoms with van der Waals surface area (Å²) < 4.78 is 5.63. The summed E-state index contributed by atoms with van der Waals surface area (Å²) >= 11 is 0. The van der Waals surface area contributed by atoms with Crippen molar-refractivity contribution < 1.29 is 9.53 Å². The van der Waals surface area contributed by atoms with Crippen LogP contribution in [0.25, 0.3) is 0 Å². The van der Waals surface area contributed by atoms with E-state index < -0.39 is 0 Å². The summed E-state index contributed by atoms with van der Waals surface area (Å²) in [6, 6.07) is 0. The van der Waals surface area contributed by atoms with Crippen LogP contribution in [0.4, 0.5) is 0 Å². The molecule has 0 aromatic heterocycles. The first-order chi connectivity index (χ1) is 14.6. The average Bonchev–Trinajstić information content (AvgIpc) is 3.05. The molecule has 31 heavy (non-hydrogen) atoms. The molecule has 0 amide bonds. The first-order valence-electron chi connectivity index (χ1n) is 13.5. The molecule has 176 valence electrons. The van der Waals surface area contributed by atoms with Gasteiger partial charge in [-0.3, -0.25) is 4.79 Å². The SMILES string of the molecule is CC(=O)OC1CCC2(C)C3CCC4(C)C(CCC4[C@H](C)CCCC(C)C)C3=CC[C@H]2C1. The van der Waals surface area contributed by atoms with Gasteiger partial charge in [-0.25, -0.2) is 0 Å². The summed E-state index contributed by atoms with van der Waals surface area (Å²) in [5.74, 6) is 4.81. The first kappa shape index (κ1) is 23.4. The van der Waals surface area contributed by atoms with Crippen molar-refractivity contribution in [2.24, 2.45) is 46.3 Å². The molecule has 0 N–H and O–H groups in total. The molecule has 0 saturated heterocycles. The zero-order valence-corrected chi connectivity index (χ0v) is 21.2. The Morgan fingerprint density at radius 3 is 2.45 bits per heavy atom. The van der Waals surface area contributed by atoms with E-state index >= 15 is 0 Å². The molecule has 0 aromatic carbocycles. The van der Waals surface area contributed by atoms with E-state index in [0.717, 1.165) is 42.4 Å². The third kappa shape index (κ3) is 4.26. The maximum atomic E-state index is 11.5. The highest BCUT2D eigenvalue weighted by atomic mass is 16.5. The summed E-state index contributed by atoms with van der Waals surface area (Å²) in [7, 11) is 0. The maximum Gasteiger partial charge on any atom is 0.302 e. The van der Waals surface area contributed by atoms with Gasteiger partial charge in [0.2, 0.25) is 0 Å². The van der Waals surface area contributed by atoms with E-state index in [-0.39, 0.29) is 12.1 Å². The minimum Gasteiger partial charge on any atom is -0.463 e. The van der Waals surface area contributed by atoms with Crippen LogP contribution in [0.15, 0.2) is 11.6 Å². The molecule has 6 unspecified atom stereocenters. The van der Waals surface area contributed by atoms with Gasteiger partial charge >= 0.3 is 5.97 Å². The van der Waals surface area contributed by atoms with E-state index in [0.29, 0.717) is 16.7 Å². The molecular formula is C29H48O2. The topological polar surface area (TPSA) is 26.3 Å². The summed E-state index contributed by atoms with van der Waals surface area (Å²) in [4.78, 5) is 11.5. The van der Waals surface area contributed by atoms with E-state index in [2.05, 4.69) is 40.7 Å². The van der Waals surface area contributed by atoms with Gasteiger partial charge < -0.3 is 4.74 Å². The minimum atomic E-state index is -0.103. The molecule has 4 aliphatic rings. The third-order valence-electron chi connectivity index (χ3n) is 10.6. The van der Waals surface area contributed by atoms with E-state index in [9.17, 15) is 4.79 Å². The first-order valence-corrected chi connectivity index (χ1v) is 13.5. The second kappa shape index (κ2) is 8.86. The van der Waals surface area contributed by atoms with Crippen molar-refractivity contribution in [1.29, 1.82) is 0 Å². The van der Waals surface area contributed by atoms with Crippen LogP contribution in [0.2, 0.25) is 0 Å². The molecule has 2 heteroatoms. The number of hydrogen-bond donors (Lipinski definition) is 0. The lowest BCUT2D eigenvalue weighted by molar-refractivity contribution is -0.152. The highest BCUT2D eigenvalue weighted by molar-refractivity contribution is 5.66. The zero-order valence-electron chi connectivity index (χ0n) is 21.2. The smallest absolute Gasteiger partial charge is 0.302 e. The van der Waals surface area contributed by atoms with Crippen molar-refractivity contribution >= 4 is 5.97 Å². The zero-order chi connectivity index (χ0) is 22.4. The lowest BCUT2D eigenvalue weighted by atomic mass is 9.47. The fourth-order valence-corrected chi connectivity index (χ4v) is 8.84. The van der Waals surface area contributed by atoms with Crippen LogP contribution < -0.4 is 0 Å². The Balaban J connectivity index is 1.47. The van der Waals surface area contributed by atoms with Crippen molar-refractivity contribution in [2.45, 2.75) is 118 Å². The number of ether oxygens (including phenoxy) is 1. The maximum absolute atomic E-state index is 11.5. The fourth-order valence-electron chi connectivity index (χ4n) is 8.84. The van der Waals surface area contributed by atoms with Crippen LogP contribution in [-0.4, -0.2) is 12.1 Å². The molecular weight excluding hydrogens is 380 g/mol. The van der Waals surface area contributed by atoms with Crippen molar-refractivity contribution in [2.75, 3.05) is 0 Å². The van der Waals surface area contributed by atoms with Crippen LogP contribution in [0.5, 0.6) is 0 Å². The largest absolute Gasteiger partial charge is 0.463 e. The molecule has 0 radical (unpaired) electrons. The fraction of sp³-hybridized carbons (Fsp3) is 0.897. The lowest BCUT2D eigenvalue weighted by Crippen LogP contribution is -2.50. The van der Waals surface area contributed by atoms with E-state index in [4.69, 9.17) is 4.74 Å². The van der Waals surface area contributed by atoms with Gasteiger partial charge in [0.25, 0.3) is 0 Å². The van der Waals surface area contributed by atoms with Gasteiger partial charge in [-0.15, -0.1) is 0 Å². The van der Waals surface area contributed by atoms with Crippen molar-refractivity contribution in [3.05, 3.63) is 11.6 Å². The number of carbonyl (C=O) groups excluding carboxylic acids is 1. The Morgan fingerprint density at radius 2 is 1.74 bits per heavy atom. The Hall–Kier alpha value is -0.790. The summed E-state index contributed by atoms with van der Waals surface area (Å²) in [6.07, 6.45) is 17.3. The van der Waals surface area contributed by atoms with Gasteiger partial charge in [0.1, 0.15) is 6.10 Å². The van der Waals surface area contributed by atoms with Gasteiger partial charge in [0.15, 0.2) is 0 Å². The number of fused-ring (bicyclic) bond motifs is 5. The molecule has 3 saturated carbocycles. The standard InChI is InChI=1S/C29H48O2/c1-19(2)8-7-9-20(3)25-12-13-26-24-11-10-22-18-23(31-21(4)30)14-16-28(22,5)27(24)15-17-29(25,26)6/h11,19-20,22-23,25-27H,7-10,12-18H2,1-6H3/t20-,22+,23?,25?,26?,27?,28?,29?/m1/s1. The minimum absolute atomic E-state index is 0.103. The molecule has 2 nitrogen and oxygen atoms in total. The average molecular weight is 429 g/mol. The van der Waals surface area contributed by atoms with Crippen LogP contribution in [-0.2, 0) is 9.53 Å². The van der Waals surface area contributed by atoms with Crippen LogP contribution >= 0.6 is 0 Å². The molecule has 0 bridgehead atoms. The summed E-state index contributed by atoms with van der Waals surface area (Å²) in [6.45, 7) is 14.1. The van der Waals surface area contributed by atoms with Gasteiger partial charge in [0.05, 0.1) is 0 Å². The van der Waals surface area contributed by atoms with Crippen molar-refractivity contribution in [3.8, 4) is 0 Å². The molecule has 0 aromatic rings. The Bertz CT molecular complexity index is 693. The predicted octanol–water partition coefficient (Wildman–Crippen LogP) is 7.96. The highest BCUT2D eigenvalue weighted by Gasteiger charge is 2.58. The summed E-state index contributed by atoms with van der Waals surface area (Å²) in [5.41, 5.74) is 2.80. The molecule has 0 aliphatic heterocycles. The summed E-state index contributed by atoms with van der Waals surface area (Å²) in [5, 5.41) is 0. The van der Waals surface area contributed by atoms with Gasteiger partial charge in [-0.1, -0.05) is 65.5 Å². The molecule has 4 rings (SSSR count). The molecule has 4 aliphatic carbocycles. The number of carbonyl (C=O) groups is 1. The second-order valence-corrected chi connectivity index (χ2v) is 12.8. The van der Waals surface area contributed by atoms with E-state index in [1.54, 1.807) is 6.92 Å². The van der Waals surface area contributed by atoms with Crippen LogP contribution in [0.3, 0.4) is 0 Å². The van der Waals surface area contributed by atoms with Gasteiger partial charge in [-0.05, 0) is 97.7 Å². The number of rotatable bonds is 6. The highest BCUT2D eigenvalue weighted by Crippen LogP contribution is 2.67. The third-order valence-corrected chi connectivity index (χ3v) is 10.6. The number of hydrogen-bond acceptors (Lipinski definition) is 2. The number of allylic oxidation sites excluding steroid dienone is 2. The van der Waals surface area contributed by atoms with Crippen LogP contribution in [0, 0.1) is 46.3 Å². The Labute approximate surface area is 192 Å². The molecule has 0 spiro atoms. The van der Waals surface area contributed by atoms with Crippen molar-refractivity contribution in [1.82, 2.24) is 0 Å². The van der Waals surface area contributed by atoms with Crippen LogP contribution in [0.1, 0.15) is 112 Å². The Kier molecular flexibility index (Phi) is 6.68. The van der Waals surface area contributed by atoms with Crippen molar-refractivity contribution in [3.63, 3.8) is 0 Å². The lowest BCUT2D eigenvalue weighted by Gasteiger charge is -2.58. The molecule has 3 fully saturated rings. The molecule has 0 heterocycles. The monoisotopic (exact) mass is 428 g/mol. The normalized spacial score (nSPS) is 42.9. The predicted molar refractivity (Wildman–Crippen MR) is 129 cm³/mol. The number of esters is 1. The van der Waals surface area contributed by atoms with E-state index in [1.807, 2.05) is 5.57 Å².